The molecule has 7 saturated carbocycles. The second-order valence-electron chi connectivity index (χ2n) is 9.73. The predicted molar refractivity (Wildman–Crippen MR) is 72.5 cm³/mol. The summed E-state index contributed by atoms with van der Waals surface area (Å²) in [4.78, 5) is 12.5. The summed E-state index contributed by atoms with van der Waals surface area (Å²) < 4.78 is 6.49. The van der Waals surface area contributed by atoms with Gasteiger partial charge in [-0.05, 0) is 24.7 Å². The Labute approximate surface area is 118 Å². The van der Waals surface area contributed by atoms with Crippen molar-refractivity contribution in [3.05, 3.63) is 10.1 Å². The minimum atomic E-state index is -1.61. The molecule has 0 aromatic carbocycles. The minimum Gasteiger partial charge on any atom is -0.361 e. The summed E-state index contributed by atoms with van der Waals surface area (Å²) in [7, 11) is -1.61. The lowest BCUT2D eigenvalue weighted by atomic mass is 9.53. The van der Waals surface area contributed by atoms with Gasteiger partial charge in [-0.2, -0.15) is 0 Å². The van der Waals surface area contributed by atoms with E-state index in [0.29, 0.717) is 29.6 Å². The van der Waals surface area contributed by atoms with Gasteiger partial charge in [0.1, 0.15) is 11.2 Å². The molecule has 106 valence electrons. The fourth-order valence-corrected chi connectivity index (χ4v) is 14.8. The minimum absolute atomic E-state index is 0.0101. The fourth-order valence-electron chi connectivity index (χ4n) is 10.4. The Bertz CT molecular complexity index is 675. The molecule has 1 saturated heterocycles. The molecule has 10 atom stereocenters. The molecule has 4 bridgehead atoms. The molecule has 1 aliphatic heterocycles. The summed E-state index contributed by atoms with van der Waals surface area (Å²) in [5.41, 5.74) is -0.390. The molecule has 8 aliphatic rings. The van der Waals surface area contributed by atoms with Crippen LogP contribution in [0, 0.1) is 45.6 Å². The van der Waals surface area contributed by atoms with Crippen LogP contribution in [0.5, 0.6) is 0 Å². The third-order valence-electron chi connectivity index (χ3n) is 9.60. The molecule has 0 aromatic heterocycles. The molecule has 4 nitrogen and oxygen atoms in total. The van der Waals surface area contributed by atoms with Crippen molar-refractivity contribution in [1.29, 1.82) is 0 Å². The highest BCUT2D eigenvalue weighted by atomic mass is 28.3. The lowest BCUT2D eigenvalue weighted by Crippen LogP contribution is -2.74. The standard InChI is InChI=1S/C15H19NO3Si/c1-20(2,3)15-9-5-8-12(15,16(17)18)10-6-4-7(11(10)15)14(9)13(6,8)19-14/h6-11H,4-5H2,1-3H3/t6-,7+,8+,9-,10-,11+,12+,13-,14+,15+/m0/s1. The van der Waals surface area contributed by atoms with Gasteiger partial charge in [0.25, 0.3) is 0 Å². The Morgan fingerprint density at radius 3 is 2.40 bits per heavy atom. The summed E-state index contributed by atoms with van der Waals surface area (Å²) >= 11 is 0. The average molecular weight is 289 g/mol. The second kappa shape index (κ2) is 2.00. The van der Waals surface area contributed by atoms with Crippen LogP contribution in [0.2, 0.25) is 24.7 Å². The van der Waals surface area contributed by atoms with Crippen molar-refractivity contribution in [2.75, 3.05) is 0 Å². The van der Waals surface area contributed by atoms with E-state index in [0.717, 1.165) is 6.42 Å². The summed E-state index contributed by atoms with van der Waals surface area (Å²) in [6, 6.07) is 0. The van der Waals surface area contributed by atoms with Gasteiger partial charge in [0.2, 0.25) is 5.54 Å². The van der Waals surface area contributed by atoms with Crippen molar-refractivity contribution in [2.24, 2.45) is 35.5 Å². The highest BCUT2D eigenvalue weighted by Crippen LogP contribution is 3.08. The molecule has 0 radical (unpaired) electrons. The number of hydrogen-bond acceptors (Lipinski definition) is 3. The van der Waals surface area contributed by atoms with Gasteiger partial charge >= 0.3 is 0 Å². The first kappa shape index (κ1) is 10.3. The normalized spacial score (nSPS) is 78.3. The van der Waals surface area contributed by atoms with Gasteiger partial charge in [-0.25, -0.2) is 0 Å². The third-order valence-corrected chi connectivity index (χ3v) is 13.2. The lowest BCUT2D eigenvalue weighted by Gasteiger charge is -2.63. The number of nitrogens with zero attached hydrogens (tertiary/aromatic N) is 1. The van der Waals surface area contributed by atoms with Crippen LogP contribution in [0.3, 0.4) is 0 Å². The van der Waals surface area contributed by atoms with Crippen LogP contribution in [0.25, 0.3) is 0 Å². The molecular weight excluding hydrogens is 270 g/mol. The van der Waals surface area contributed by atoms with Gasteiger partial charge in [-0.15, -0.1) is 0 Å². The van der Waals surface area contributed by atoms with Gasteiger partial charge in [-0.3, -0.25) is 10.1 Å². The van der Waals surface area contributed by atoms with E-state index in [1.807, 2.05) is 0 Å². The molecule has 8 rings (SSSR count). The number of hydrogen-bond donors (Lipinski definition) is 0. The lowest BCUT2D eigenvalue weighted by molar-refractivity contribution is -0.615. The van der Waals surface area contributed by atoms with Crippen molar-refractivity contribution >= 4 is 8.07 Å². The molecule has 0 amide bonds. The summed E-state index contributed by atoms with van der Waals surface area (Å²) in [6.07, 6.45) is 2.40. The van der Waals surface area contributed by atoms with Crippen LogP contribution >= 0.6 is 0 Å². The summed E-state index contributed by atoms with van der Waals surface area (Å²) in [5, 5.41) is 12.4. The Morgan fingerprint density at radius 1 is 1.10 bits per heavy atom. The van der Waals surface area contributed by atoms with Gasteiger partial charge < -0.3 is 4.74 Å². The molecule has 0 aromatic rings. The van der Waals surface area contributed by atoms with E-state index >= 15 is 0 Å². The maximum Gasteiger partial charge on any atom is 0.235 e. The topological polar surface area (TPSA) is 55.7 Å². The van der Waals surface area contributed by atoms with Crippen LogP contribution < -0.4 is 0 Å². The molecule has 20 heavy (non-hydrogen) atoms. The zero-order valence-electron chi connectivity index (χ0n) is 12.1. The Balaban J connectivity index is 1.68. The Morgan fingerprint density at radius 2 is 1.75 bits per heavy atom. The largest absolute Gasteiger partial charge is 0.361 e. The fraction of sp³-hybridized carbons (Fsp3) is 1.00. The van der Waals surface area contributed by atoms with Crippen molar-refractivity contribution in [3.63, 3.8) is 0 Å². The van der Waals surface area contributed by atoms with Crippen molar-refractivity contribution in [2.45, 2.75) is 54.3 Å². The average Bonchev–Trinajstić information content (AvgIpc) is 2.52. The molecule has 7 aliphatic carbocycles. The highest BCUT2D eigenvalue weighted by molar-refractivity contribution is 6.80. The van der Waals surface area contributed by atoms with E-state index in [4.69, 9.17) is 4.74 Å². The predicted octanol–water partition coefficient (Wildman–Crippen LogP) is 2.15. The maximum atomic E-state index is 12.3. The quantitative estimate of drug-likeness (QED) is 0.339. The van der Waals surface area contributed by atoms with E-state index in [1.165, 1.54) is 6.42 Å². The summed E-state index contributed by atoms with van der Waals surface area (Å²) in [6.45, 7) is 7.21. The molecule has 2 spiro atoms. The zero-order valence-corrected chi connectivity index (χ0v) is 13.1. The highest BCUT2D eigenvalue weighted by Gasteiger charge is 3.17. The molecule has 0 N–H and O–H groups in total. The van der Waals surface area contributed by atoms with Crippen LogP contribution in [-0.2, 0) is 4.74 Å². The Hall–Kier alpha value is -0.423. The SMILES string of the molecule is C[Si](C)(C)[C@@]12[C@H]3[C@@H]4[C@@H]5C[C@H]3[C@]36O[C@]53[C@H](C[C@@H]61)[C@@]42[N+](=O)[O-]. The summed E-state index contributed by atoms with van der Waals surface area (Å²) in [5.74, 6) is 3.15. The number of nitro groups is 1. The van der Waals surface area contributed by atoms with E-state index in [-0.39, 0.29) is 27.1 Å². The first-order valence-corrected chi connectivity index (χ1v) is 11.7. The van der Waals surface area contributed by atoms with E-state index in [1.54, 1.807) is 0 Å². The number of ether oxygens (including phenoxy) is 1. The van der Waals surface area contributed by atoms with Gasteiger partial charge in [0.15, 0.2) is 0 Å². The van der Waals surface area contributed by atoms with Gasteiger partial charge in [0.05, 0.1) is 14.0 Å². The maximum absolute atomic E-state index is 12.3. The van der Waals surface area contributed by atoms with Crippen molar-refractivity contribution in [3.8, 4) is 0 Å². The second-order valence-corrected chi connectivity index (χ2v) is 15.1. The van der Waals surface area contributed by atoms with Gasteiger partial charge in [-0.1, -0.05) is 19.6 Å². The first-order chi connectivity index (χ1) is 9.34. The first-order valence-electron chi connectivity index (χ1n) is 8.19. The van der Waals surface area contributed by atoms with E-state index < -0.39 is 13.6 Å². The van der Waals surface area contributed by atoms with Crippen LogP contribution in [0.4, 0.5) is 0 Å². The van der Waals surface area contributed by atoms with Crippen LogP contribution in [0.15, 0.2) is 0 Å². The van der Waals surface area contributed by atoms with E-state index in [9.17, 15) is 10.1 Å². The number of rotatable bonds is 2. The van der Waals surface area contributed by atoms with Crippen LogP contribution in [-0.4, -0.2) is 29.7 Å². The monoisotopic (exact) mass is 289 g/mol. The molecule has 1 heterocycles. The van der Waals surface area contributed by atoms with Crippen LogP contribution in [0.1, 0.15) is 12.8 Å². The van der Waals surface area contributed by atoms with E-state index in [2.05, 4.69) is 19.6 Å². The van der Waals surface area contributed by atoms with Gasteiger partial charge in [0, 0.05) is 27.7 Å². The molecule has 0 unspecified atom stereocenters. The molecular formula is C15H19NO3Si. The third kappa shape index (κ3) is 0.442. The number of epoxide rings is 1. The molecule has 8 fully saturated rings. The molecule has 5 heteroatoms. The van der Waals surface area contributed by atoms with Crippen molar-refractivity contribution in [1.82, 2.24) is 0 Å². The smallest absolute Gasteiger partial charge is 0.235 e. The van der Waals surface area contributed by atoms with Crippen molar-refractivity contribution < 1.29 is 9.66 Å². The zero-order chi connectivity index (χ0) is 13.7. The Kier molecular flexibility index (Phi) is 1.03.